The zero-order valence-electron chi connectivity index (χ0n) is 10.4. The van der Waals surface area contributed by atoms with E-state index in [9.17, 15) is 4.79 Å². The molecule has 17 heavy (non-hydrogen) atoms. The van der Waals surface area contributed by atoms with E-state index in [2.05, 4.69) is 5.32 Å². The van der Waals surface area contributed by atoms with Crippen molar-refractivity contribution in [3.63, 3.8) is 0 Å². The van der Waals surface area contributed by atoms with Crippen LogP contribution in [0.4, 0.5) is 5.69 Å². The van der Waals surface area contributed by atoms with Crippen LogP contribution in [0.15, 0.2) is 30.3 Å². The van der Waals surface area contributed by atoms with E-state index in [-0.39, 0.29) is 11.9 Å². The average molecular weight is 232 g/mol. The van der Waals surface area contributed by atoms with E-state index in [1.807, 2.05) is 42.2 Å². The predicted molar refractivity (Wildman–Crippen MR) is 70.0 cm³/mol. The van der Waals surface area contributed by atoms with Gasteiger partial charge in [-0.25, -0.2) is 0 Å². The number of nitrogens with zero attached hydrogens (tertiary/aromatic N) is 1. The Morgan fingerprint density at radius 3 is 2.47 bits per heavy atom. The number of likely N-dealkylation sites (tertiary alicyclic amines) is 1. The molecule has 1 aliphatic rings. The Morgan fingerprint density at radius 1 is 1.18 bits per heavy atom. The molecule has 1 N–H and O–H groups in total. The lowest BCUT2D eigenvalue weighted by Crippen LogP contribution is -2.43. The number of amides is 1. The fourth-order valence-electron chi connectivity index (χ4n) is 2.23. The SMILES string of the molecule is CC(Nc1ccccc1)C(=O)N1CCCCC1. The van der Waals surface area contributed by atoms with Crippen LogP contribution in [0.3, 0.4) is 0 Å². The number of carbonyl (C=O) groups is 1. The Balaban J connectivity index is 1.90. The molecule has 0 aromatic heterocycles. The minimum absolute atomic E-state index is 0.143. The van der Waals surface area contributed by atoms with Gasteiger partial charge in [0.1, 0.15) is 6.04 Å². The van der Waals surface area contributed by atoms with Gasteiger partial charge in [0, 0.05) is 18.8 Å². The third-order valence-electron chi connectivity index (χ3n) is 3.20. The van der Waals surface area contributed by atoms with Crippen LogP contribution in [0, 0.1) is 0 Å². The van der Waals surface area contributed by atoms with Gasteiger partial charge >= 0.3 is 0 Å². The summed E-state index contributed by atoms with van der Waals surface area (Å²) in [5.74, 6) is 0.216. The summed E-state index contributed by atoms with van der Waals surface area (Å²) >= 11 is 0. The summed E-state index contributed by atoms with van der Waals surface area (Å²) < 4.78 is 0. The van der Waals surface area contributed by atoms with E-state index >= 15 is 0 Å². The summed E-state index contributed by atoms with van der Waals surface area (Å²) in [6.45, 7) is 3.77. The van der Waals surface area contributed by atoms with Crippen molar-refractivity contribution in [3.8, 4) is 0 Å². The molecule has 0 saturated carbocycles. The fraction of sp³-hybridized carbons (Fsp3) is 0.500. The zero-order valence-corrected chi connectivity index (χ0v) is 10.4. The van der Waals surface area contributed by atoms with Gasteiger partial charge in [-0.3, -0.25) is 4.79 Å². The second kappa shape index (κ2) is 5.71. The van der Waals surface area contributed by atoms with Crippen LogP contribution < -0.4 is 5.32 Å². The maximum Gasteiger partial charge on any atom is 0.244 e. The maximum absolute atomic E-state index is 12.2. The third kappa shape index (κ3) is 3.22. The van der Waals surface area contributed by atoms with Crippen molar-refractivity contribution in [2.45, 2.75) is 32.2 Å². The van der Waals surface area contributed by atoms with Crippen molar-refractivity contribution >= 4 is 11.6 Å². The van der Waals surface area contributed by atoms with Gasteiger partial charge in [0.05, 0.1) is 0 Å². The third-order valence-corrected chi connectivity index (χ3v) is 3.20. The molecule has 0 aliphatic carbocycles. The maximum atomic E-state index is 12.2. The summed E-state index contributed by atoms with van der Waals surface area (Å²) in [5.41, 5.74) is 1.00. The first-order chi connectivity index (χ1) is 8.27. The van der Waals surface area contributed by atoms with E-state index in [0.29, 0.717) is 0 Å². The number of hydrogen-bond acceptors (Lipinski definition) is 2. The molecule has 0 bridgehead atoms. The topological polar surface area (TPSA) is 32.3 Å². The molecular formula is C14H20N2O. The molecule has 1 atom stereocenters. The Kier molecular flexibility index (Phi) is 4.02. The molecule has 1 aromatic carbocycles. The molecule has 3 nitrogen and oxygen atoms in total. The van der Waals surface area contributed by atoms with E-state index in [1.54, 1.807) is 0 Å². The van der Waals surface area contributed by atoms with Gasteiger partial charge in [-0.15, -0.1) is 0 Å². The van der Waals surface area contributed by atoms with Gasteiger partial charge in [0.15, 0.2) is 0 Å². The quantitative estimate of drug-likeness (QED) is 0.868. The molecule has 0 radical (unpaired) electrons. The first-order valence-electron chi connectivity index (χ1n) is 6.38. The Morgan fingerprint density at radius 2 is 1.82 bits per heavy atom. The van der Waals surface area contributed by atoms with Gasteiger partial charge < -0.3 is 10.2 Å². The summed E-state index contributed by atoms with van der Waals surface area (Å²) in [6.07, 6.45) is 3.54. The van der Waals surface area contributed by atoms with Crippen LogP contribution >= 0.6 is 0 Å². The molecule has 1 aliphatic heterocycles. The van der Waals surface area contributed by atoms with Gasteiger partial charge in [-0.2, -0.15) is 0 Å². The number of nitrogens with one attached hydrogen (secondary N) is 1. The molecule has 1 fully saturated rings. The van der Waals surface area contributed by atoms with Gasteiger partial charge in [0.25, 0.3) is 0 Å². The monoisotopic (exact) mass is 232 g/mol. The van der Waals surface area contributed by atoms with Crippen molar-refractivity contribution in [3.05, 3.63) is 30.3 Å². The first-order valence-corrected chi connectivity index (χ1v) is 6.38. The second-order valence-electron chi connectivity index (χ2n) is 4.62. The summed E-state index contributed by atoms with van der Waals surface area (Å²) in [7, 11) is 0. The van der Waals surface area contributed by atoms with Gasteiger partial charge in [-0.05, 0) is 38.3 Å². The highest BCUT2D eigenvalue weighted by atomic mass is 16.2. The Bertz CT molecular complexity index is 358. The van der Waals surface area contributed by atoms with Gasteiger partial charge in [0.2, 0.25) is 5.91 Å². The molecule has 1 saturated heterocycles. The summed E-state index contributed by atoms with van der Waals surface area (Å²) in [6, 6.07) is 9.75. The summed E-state index contributed by atoms with van der Waals surface area (Å²) in [5, 5.41) is 3.25. The van der Waals surface area contributed by atoms with E-state index in [1.165, 1.54) is 6.42 Å². The molecule has 3 heteroatoms. The van der Waals surface area contributed by atoms with Crippen molar-refractivity contribution in [2.24, 2.45) is 0 Å². The van der Waals surface area contributed by atoms with Crippen molar-refractivity contribution in [1.82, 2.24) is 4.90 Å². The standard InChI is InChI=1S/C14H20N2O/c1-12(15-13-8-4-2-5-9-13)14(17)16-10-6-3-7-11-16/h2,4-5,8-9,12,15H,3,6-7,10-11H2,1H3. The van der Waals surface area contributed by atoms with E-state index in [4.69, 9.17) is 0 Å². The molecule has 1 heterocycles. The highest BCUT2D eigenvalue weighted by Crippen LogP contribution is 2.12. The van der Waals surface area contributed by atoms with E-state index < -0.39 is 0 Å². The molecule has 1 amide bonds. The minimum Gasteiger partial charge on any atom is -0.374 e. The Hall–Kier alpha value is -1.51. The lowest BCUT2D eigenvalue weighted by molar-refractivity contribution is -0.132. The van der Waals surface area contributed by atoms with Crippen molar-refractivity contribution in [2.75, 3.05) is 18.4 Å². The number of carbonyl (C=O) groups excluding carboxylic acids is 1. The number of benzene rings is 1. The largest absolute Gasteiger partial charge is 0.374 e. The smallest absolute Gasteiger partial charge is 0.244 e. The highest BCUT2D eigenvalue weighted by molar-refractivity contribution is 5.84. The van der Waals surface area contributed by atoms with Crippen LogP contribution in [0.5, 0.6) is 0 Å². The fourth-order valence-corrected chi connectivity index (χ4v) is 2.23. The zero-order chi connectivity index (χ0) is 12.1. The Labute approximate surface area is 103 Å². The molecule has 1 aromatic rings. The molecule has 1 unspecified atom stereocenters. The van der Waals surface area contributed by atoms with Gasteiger partial charge in [-0.1, -0.05) is 18.2 Å². The lowest BCUT2D eigenvalue weighted by atomic mass is 10.1. The number of anilines is 1. The highest BCUT2D eigenvalue weighted by Gasteiger charge is 2.21. The van der Waals surface area contributed by atoms with Crippen LogP contribution in [-0.2, 0) is 4.79 Å². The number of rotatable bonds is 3. The van der Waals surface area contributed by atoms with Crippen LogP contribution in [-0.4, -0.2) is 29.9 Å². The second-order valence-corrected chi connectivity index (χ2v) is 4.62. The normalized spacial score (nSPS) is 17.6. The molecule has 2 rings (SSSR count). The molecular weight excluding hydrogens is 212 g/mol. The first kappa shape index (κ1) is 12.0. The van der Waals surface area contributed by atoms with Crippen LogP contribution in [0.25, 0.3) is 0 Å². The predicted octanol–water partition coefficient (Wildman–Crippen LogP) is 2.50. The lowest BCUT2D eigenvalue weighted by Gasteiger charge is -2.29. The van der Waals surface area contributed by atoms with E-state index in [0.717, 1.165) is 31.6 Å². The number of para-hydroxylation sites is 1. The molecule has 92 valence electrons. The summed E-state index contributed by atoms with van der Waals surface area (Å²) in [4.78, 5) is 14.1. The number of hydrogen-bond donors (Lipinski definition) is 1. The number of piperidine rings is 1. The van der Waals surface area contributed by atoms with Crippen molar-refractivity contribution < 1.29 is 4.79 Å². The van der Waals surface area contributed by atoms with Crippen molar-refractivity contribution in [1.29, 1.82) is 0 Å². The van der Waals surface area contributed by atoms with Crippen LogP contribution in [0.2, 0.25) is 0 Å². The average Bonchev–Trinajstić information content (AvgIpc) is 2.40. The molecule has 0 spiro atoms. The van der Waals surface area contributed by atoms with Crippen LogP contribution in [0.1, 0.15) is 26.2 Å². The minimum atomic E-state index is -0.143.